The lowest BCUT2D eigenvalue weighted by Crippen LogP contribution is -2.48. The Hall–Kier alpha value is -2.14. The van der Waals surface area contributed by atoms with Crippen molar-refractivity contribution in [2.45, 2.75) is 25.6 Å². The first-order valence-corrected chi connectivity index (χ1v) is 9.89. The van der Waals surface area contributed by atoms with Crippen LogP contribution in [0.4, 0.5) is 13.2 Å². The zero-order valence-corrected chi connectivity index (χ0v) is 16.6. The standard InChI is InChI=1S/C17H23F3N6OS/c1-3-21-16(22-5-4-15-24-14(11-28-15)17(18,19)20)26-6-7-27-13(10-26)12-8-23-25(2)9-12/h8-9,11,13H,3-7,10H2,1-2H3,(H,21,22). The molecule has 1 aliphatic heterocycles. The average Bonchev–Trinajstić information content (AvgIpc) is 3.30. The number of aromatic nitrogens is 3. The Kier molecular flexibility index (Phi) is 6.55. The first-order chi connectivity index (χ1) is 13.4. The summed E-state index contributed by atoms with van der Waals surface area (Å²) in [6, 6.07) is 0. The lowest BCUT2D eigenvalue weighted by molar-refractivity contribution is -0.140. The van der Waals surface area contributed by atoms with Crippen LogP contribution in [0, 0.1) is 0 Å². The van der Waals surface area contributed by atoms with Crippen molar-refractivity contribution in [2.24, 2.45) is 12.0 Å². The van der Waals surface area contributed by atoms with Crippen LogP contribution >= 0.6 is 11.3 Å². The summed E-state index contributed by atoms with van der Waals surface area (Å²) in [6.07, 6.45) is -0.411. The Balaban J connectivity index is 1.62. The molecular weight excluding hydrogens is 393 g/mol. The average molecular weight is 416 g/mol. The van der Waals surface area contributed by atoms with E-state index in [-0.39, 0.29) is 6.10 Å². The van der Waals surface area contributed by atoms with Crippen molar-refractivity contribution in [2.75, 3.05) is 32.8 Å². The molecule has 1 atom stereocenters. The summed E-state index contributed by atoms with van der Waals surface area (Å²) in [5.41, 5.74) is 0.168. The van der Waals surface area contributed by atoms with Gasteiger partial charge < -0.3 is 15.0 Å². The van der Waals surface area contributed by atoms with E-state index in [0.717, 1.165) is 28.2 Å². The number of nitrogens with zero attached hydrogens (tertiary/aromatic N) is 5. The molecule has 0 saturated carbocycles. The second-order valence-corrected chi connectivity index (χ2v) is 7.31. The van der Waals surface area contributed by atoms with Crippen LogP contribution in [0.15, 0.2) is 22.8 Å². The van der Waals surface area contributed by atoms with Crippen molar-refractivity contribution in [1.29, 1.82) is 0 Å². The van der Waals surface area contributed by atoms with Crippen molar-refractivity contribution in [3.8, 4) is 0 Å². The van der Waals surface area contributed by atoms with Gasteiger partial charge in [-0.25, -0.2) is 4.98 Å². The topological polar surface area (TPSA) is 67.6 Å². The Labute approximate surface area is 165 Å². The molecule has 3 heterocycles. The van der Waals surface area contributed by atoms with Gasteiger partial charge in [0.05, 0.1) is 24.4 Å². The van der Waals surface area contributed by atoms with Crippen molar-refractivity contribution in [3.63, 3.8) is 0 Å². The first kappa shape index (κ1) is 20.6. The van der Waals surface area contributed by atoms with Crippen LogP contribution in [0.1, 0.15) is 29.3 Å². The van der Waals surface area contributed by atoms with E-state index >= 15 is 0 Å². The number of rotatable bonds is 5. The van der Waals surface area contributed by atoms with E-state index in [4.69, 9.17) is 4.74 Å². The quantitative estimate of drug-likeness (QED) is 0.599. The molecule has 3 rings (SSSR count). The molecule has 0 amide bonds. The number of hydrogen-bond donors (Lipinski definition) is 1. The zero-order valence-electron chi connectivity index (χ0n) is 15.7. The van der Waals surface area contributed by atoms with Gasteiger partial charge in [0.25, 0.3) is 0 Å². The fourth-order valence-corrected chi connectivity index (χ4v) is 3.68. The summed E-state index contributed by atoms with van der Waals surface area (Å²) >= 11 is 1.01. The molecule has 1 aliphatic rings. The maximum Gasteiger partial charge on any atom is 0.434 e. The highest BCUT2D eigenvalue weighted by Crippen LogP contribution is 2.30. The molecule has 1 fully saturated rings. The maximum absolute atomic E-state index is 12.7. The minimum absolute atomic E-state index is 0.0976. The number of morpholine rings is 1. The molecule has 1 N–H and O–H groups in total. The third kappa shape index (κ3) is 5.22. The molecule has 28 heavy (non-hydrogen) atoms. The first-order valence-electron chi connectivity index (χ1n) is 9.02. The Morgan fingerprint density at radius 1 is 1.46 bits per heavy atom. The molecule has 0 bridgehead atoms. The lowest BCUT2D eigenvalue weighted by Gasteiger charge is -2.34. The third-order valence-corrected chi connectivity index (χ3v) is 5.14. The Bertz CT molecular complexity index is 803. The summed E-state index contributed by atoms with van der Waals surface area (Å²) in [5, 5.41) is 8.91. The monoisotopic (exact) mass is 416 g/mol. The van der Waals surface area contributed by atoms with Crippen LogP contribution in [0.5, 0.6) is 0 Å². The Morgan fingerprint density at radius 2 is 2.29 bits per heavy atom. The number of aliphatic imine (C=N–C) groups is 1. The number of thiazole rings is 1. The smallest absolute Gasteiger partial charge is 0.370 e. The van der Waals surface area contributed by atoms with E-state index in [1.54, 1.807) is 10.9 Å². The summed E-state index contributed by atoms with van der Waals surface area (Å²) in [6.45, 7) is 4.92. The molecule has 0 spiro atoms. The normalized spacial score (nSPS) is 18.5. The van der Waals surface area contributed by atoms with Gasteiger partial charge in [0.1, 0.15) is 6.10 Å². The summed E-state index contributed by atoms with van der Waals surface area (Å²) in [4.78, 5) is 10.3. The summed E-state index contributed by atoms with van der Waals surface area (Å²) < 4.78 is 45.6. The van der Waals surface area contributed by atoms with Gasteiger partial charge in [-0.05, 0) is 6.92 Å². The molecular formula is C17H23F3N6OS. The number of ether oxygens (including phenoxy) is 1. The maximum atomic E-state index is 12.7. The molecule has 0 aromatic carbocycles. The Morgan fingerprint density at radius 3 is 2.93 bits per heavy atom. The number of guanidine groups is 1. The van der Waals surface area contributed by atoms with Crippen molar-refractivity contribution >= 4 is 17.3 Å². The van der Waals surface area contributed by atoms with Crippen LogP contribution in [-0.4, -0.2) is 58.4 Å². The molecule has 2 aromatic rings. The highest BCUT2D eigenvalue weighted by atomic mass is 32.1. The van der Waals surface area contributed by atoms with Crippen LogP contribution < -0.4 is 5.32 Å². The van der Waals surface area contributed by atoms with Crippen LogP contribution in [0.2, 0.25) is 0 Å². The fraction of sp³-hybridized carbons (Fsp3) is 0.588. The summed E-state index contributed by atoms with van der Waals surface area (Å²) in [7, 11) is 1.86. The predicted molar refractivity (Wildman–Crippen MR) is 100 cm³/mol. The van der Waals surface area contributed by atoms with E-state index < -0.39 is 11.9 Å². The van der Waals surface area contributed by atoms with Gasteiger partial charge in [0.2, 0.25) is 0 Å². The van der Waals surface area contributed by atoms with E-state index in [9.17, 15) is 13.2 Å². The van der Waals surface area contributed by atoms with Gasteiger partial charge >= 0.3 is 6.18 Å². The van der Waals surface area contributed by atoms with Gasteiger partial charge in [-0.1, -0.05) is 0 Å². The minimum Gasteiger partial charge on any atom is -0.370 e. The SMILES string of the molecule is CCNC(=NCCc1nc(C(F)(F)F)cs1)N1CCOC(c2cnn(C)c2)C1. The highest BCUT2D eigenvalue weighted by Gasteiger charge is 2.33. The number of halogens is 3. The van der Waals surface area contributed by atoms with Crippen molar-refractivity contribution in [3.05, 3.63) is 34.0 Å². The third-order valence-electron chi connectivity index (χ3n) is 4.23. The minimum atomic E-state index is -4.40. The second kappa shape index (κ2) is 8.91. The highest BCUT2D eigenvalue weighted by molar-refractivity contribution is 7.09. The number of aryl methyl sites for hydroxylation is 1. The number of alkyl halides is 3. The van der Waals surface area contributed by atoms with Crippen LogP contribution in [-0.2, 0) is 24.4 Å². The van der Waals surface area contributed by atoms with E-state index in [2.05, 4.69) is 25.3 Å². The van der Waals surface area contributed by atoms with Gasteiger partial charge in [0.15, 0.2) is 11.7 Å². The lowest BCUT2D eigenvalue weighted by atomic mass is 10.1. The largest absolute Gasteiger partial charge is 0.434 e. The second-order valence-electron chi connectivity index (χ2n) is 6.36. The van der Waals surface area contributed by atoms with E-state index in [1.807, 2.05) is 20.2 Å². The van der Waals surface area contributed by atoms with Gasteiger partial charge in [-0.15, -0.1) is 11.3 Å². The van der Waals surface area contributed by atoms with Gasteiger partial charge in [-0.2, -0.15) is 18.3 Å². The van der Waals surface area contributed by atoms with Gasteiger partial charge in [0, 0.05) is 50.2 Å². The molecule has 0 radical (unpaired) electrons. The van der Waals surface area contributed by atoms with Crippen LogP contribution in [0.3, 0.4) is 0 Å². The predicted octanol–water partition coefficient (Wildman–Crippen LogP) is 2.48. The molecule has 2 aromatic heterocycles. The molecule has 1 unspecified atom stereocenters. The zero-order chi connectivity index (χ0) is 20.1. The number of hydrogen-bond acceptors (Lipinski definition) is 5. The van der Waals surface area contributed by atoms with E-state index in [0.29, 0.717) is 44.2 Å². The molecule has 11 heteroatoms. The summed E-state index contributed by atoms with van der Waals surface area (Å²) in [5.74, 6) is 0.729. The van der Waals surface area contributed by atoms with Crippen molar-refractivity contribution in [1.82, 2.24) is 25.0 Å². The number of nitrogens with one attached hydrogen (secondary N) is 1. The molecule has 7 nitrogen and oxygen atoms in total. The fourth-order valence-electron chi connectivity index (χ4n) is 2.89. The molecule has 0 aliphatic carbocycles. The van der Waals surface area contributed by atoms with Crippen molar-refractivity contribution < 1.29 is 17.9 Å². The van der Waals surface area contributed by atoms with E-state index in [1.165, 1.54) is 0 Å². The molecule has 154 valence electrons. The van der Waals surface area contributed by atoms with Crippen LogP contribution in [0.25, 0.3) is 0 Å². The van der Waals surface area contributed by atoms with Gasteiger partial charge in [-0.3, -0.25) is 9.67 Å². The molecule has 1 saturated heterocycles.